The number of aromatic nitrogens is 4. The van der Waals surface area contributed by atoms with Crippen LogP contribution in [-0.4, -0.2) is 25.8 Å². The van der Waals surface area contributed by atoms with Gasteiger partial charge in [-0.3, -0.25) is 14.8 Å². The molecule has 0 aliphatic rings. The molecule has 0 spiro atoms. The number of carbonyl (C=O) groups excluding carboxylic acids is 1. The number of nitrogens with zero attached hydrogens (tertiary/aromatic N) is 4. The Hall–Kier alpha value is -3.93. The zero-order valence-electron chi connectivity index (χ0n) is 18.2. The van der Waals surface area contributed by atoms with Crippen LogP contribution in [0.2, 0.25) is 0 Å². The van der Waals surface area contributed by atoms with E-state index in [0.717, 1.165) is 39.6 Å². The minimum Gasteiger partial charge on any atom is -0.352 e. The molecule has 1 amide bonds. The standard InChI is InChI=1S/C26H25N5O/c1-18(2)26-30-17-22(23-8-4-6-14-28-23)25(31-26)20-11-9-19(10-12-20)16-29-24(32)15-21-7-3-5-13-27-21/h3-14,17-18H,15-16H2,1-2H3,(H,29,32). The van der Waals surface area contributed by atoms with E-state index in [1.807, 2.05) is 66.9 Å². The van der Waals surface area contributed by atoms with Gasteiger partial charge in [-0.25, -0.2) is 9.97 Å². The molecule has 0 radical (unpaired) electrons. The van der Waals surface area contributed by atoms with E-state index in [1.165, 1.54) is 0 Å². The smallest absolute Gasteiger partial charge is 0.226 e. The van der Waals surface area contributed by atoms with Gasteiger partial charge in [0.05, 0.1) is 17.8 Å². The molecule has 0 saturated heterocycles. The van der Waals surface area contributed by atoms with Crippen LogP contribution in [0.1, 0.15) is 36.8 Å². The van der Waals surface area contributed by atoms with Gasteiger partial charge < -0.3 is 5.32 Å². The predicted octanol–water partition coefficient (Wildman–Crippen LogP) is 4.58. The van der Waals surface area contributed by atoms with Crippen LogP contribution in [0.25, 0.3) is 22.5 Å². The lowest BCUT2D eigenvalue weighted by Gasteiger charge is -2.12. The third kappa shape index (κ3) is 5.21. The second-order valence-corrected chi connectivity index (χ2v) is 7.83. The van der Waals surface area contributed by atoms with Crippen molar-refractivity contribution in [3.8, 4) is 22.5 Å². The highest BCUT2D eigenvalue weighted by Crippen LogP contribution is 2.30. The number of hydrogen-bond donors (Lipinski definition) is 1. The first-order valence-electron chi connectivity index (χ1n) is 10.6. The van der Waals surface area contributed by atoms with Crippen LogP contribution in [0, 0.1) is 0 Å². The molecule has 4 rings (SSSR count). The Labute approximate surface area is 187 Å². The topological polar surface area (TPSA) is 80.7 Å². The largest absolute Gasteiger partial charge is 0.352 e. The minimum atomic E-state index is -0.0532. The Bertz CT molecular complexity index is 1180. The molecule has 3 heterocycles. The Kier molecular flexibility index (Phi) is 6.60. The Morgan fingerprint density at radius 2 is 1.66 bits per heavy atom. The molecule has 1 N–H and O–H groups in total. The first-order valence-corrected chi connectivity index (χ1v) is 10.6. The van der Waals surface area contributed by atoms with Crippen molar-refractivity contribution in [3.05, 3.63) is 96.3 Å². The second kappa shape index (κ2) is 9.92. The maximum atomic E-state index is 12.2. The van der Waals surface area contributed by atoms with E-state index >= 15 is 0 Å². The van der Waals surface area contributed by atoms with Gasteiger partial charge in [0.1, 0.15) is 5.82 Å². The first kappa shape index (κ1) is 21.3. The fourth-order valence-corrected chi connectivity index (χ4v) is 3.31. The summed E-state index contributed by atoms with van der Waals surface area (Å²) in [5.74, 6) is 0.966. The molecule has 6 heteroatoms. The molecule has 0 saturated carbocycles. The normalized spacial score (nSPS) is 10.8. The third-order valence-corrected chi connectivity index (χ3v) is 5.05. The van der Waals surface area contributed by atoms with Gasteiger partial charge in [0, 0.05) is 47.9 Å². The molecule has 0 fully saturated rings. The van der Waals surface area contributed by atoms with E-state index in [1.54, 1.807) is 12.4 Å². The number of pyridine rings is 2. The van der Waals surface area contributed by atoms with Gasteiger partial charge in [0.25, 0.3) is 0 Å². The van der Waals surface area contributed by atoms with Gasteiger partial charge in [-0.1, -0.05) is 50.2 Å². The lowest BCUT2D eigenvalue weighted by Crippen LogP contribution is -2.24. The predicted molar refractivity (Wildman–Crippen MR) is 125 cm³/mol. The summed E-state index contributed by atoms with van der Waals surface area (Å²) in [6.45, 7) is 4.62. The van der Waals surface area contributed by atoms with Crippen LogP contribution in [0.15, 0.2) is 79.3 Å². The second-order valence-electron chi connectivity index (χ2n) is 7.83. The molecule has 0 aliphatic carbocycles. The van der Waals surface area contributed by atoms with E-state index in [2.05, 4.69) is 34.1 Å². The third-order valence-electron chi connectivity index (χ3n) is 5.05. The number of amides is 1. The molecule has 32 heavy (non-hydrogen) atoms. The van der Waals surface area contributed by atoms with Crippen molar-refractivity contribution in [2.75, 3.05) is 0 Å². The molecule has 4 aromatic rings. The molecular formula is C26H25N5O. The number of rotatable bonds is 7. The average molecular weight is 424 g/mol. The molecule has 3 aromatic heterocycles. The van der Waals surface area contributed by atoms with Crippen molar-refractivity contribution >= 4 is 5.91 Å². The molecular weight excluding hydrogens is 398 g/mol. The zero-order valence-corrected chi connectivity index (χ0v) is 18.2. The average Bonchev–Trinajstić information content (AvgIpc) is 2.84. The van der Waals surface area contributed by atoms with E-state index in [4.69, 9.17) is 4.98 Å². The number of carbonyl (C=O) groups is 1. The van der Waals surface area contributed by atoms with Crippen molar-refractivity contribution in [1.29, 1.82) is 0 Å². The van der Waals surface area contributed by atoms with Gasteiger partial charge >= 0.3 is 0 Å². The summed E-state index contributed by atoms with van der Waals surface area (Å²) in [7, 11) is 0. The van der Waals surface area contributed by atoms with Crippen LogP contribution in [0.3, 0.4) is 0 Å². The molecule has 160 valence electrons. The maximum absolute atomic E-state index is 12.2. The highest BCUT2D eigenvalue weighted by Gasteiger charge is 2.14. The highest BCUT2D eigenvalue weighted by atomic mass is 16.1. The van der Waals surface area contributed by atoms with Crippen LogP contribution < -0.4 is 5.32 Å². The Morgan fingerprint density at radius 3 is 2.31 bits per heavy atom. The highest BCUT2D eigenvalue weighted by molar-refractivity contribution is 5.79. The lowest BCUT2D eigenvalue weighted by molar-refractivity contribution is -0.120. The summed E-state index contributed by atoms with van der Waals surface area (Å²) in [5, 5.41) is 2.95. The van der Waals surface area contributed by atoms with E-state index in [9.17, 15) is 4.79 Å². The zero-order chi connectivity index (χ0) is 22.3. The Balaban J connectivity index is 1.52. The summed E-state index contributed by atoms with van der Waals surface area (Å²) >= 11 is 0. The Morgan fingerprint density at radius 1 is 0.906 bits per heavy atom. The van der Waals surface area contributed by atoms with Crippen LogP contribution >= 0.6 is 0 Å². The quantitative estimate of drug-likeness (QED) is 0.470. The van der Waals surface area contributed by atoms with Gasteiger partial charge in [0.15, 0.2) is 0 Å². The van der Waals surface area contributed by atoms with Crippen LogP contribution in [-0.2, 0) is 17.8 Å². The fraction of sp³-hybridized carbons (Fsp3) is 0.192. The summed E-state index contributed by atoms with van der Waals surface area (Å²) in [5.41, 5.74) is 5.34. The van der Waals surface area contributed by atoms with E-state index in [-0.39, 0.29) is 18.2 Å². The van der Waals surface area contributed by atoms with Crippen molar-refractivity contribution < 1.29 is 4.79 Å². The molecule has 0 aliphatic heterocycles. The monoisotopic (exact) mass is 423 g/mol. The number of benzene rings is 1. The maximum Gasteiger partial charge on any atom is 0.226 e. The van der Waals surface area contributed by atoms with Gasteiger partial charge in [0.2, 0.25) is 5.91 Å². The lowest BCUT2D eigenvalue weighted by atomic mass is 10.0. The SMILES string of the molecule is CC(C)c1ncc(-c2ccccn2)c(-c2ccc(CNC(=O)Cc3ccccn3)cc2)n1. The van der Waals surface area contributed by atoms with Gasteiger partial charge in [-0.15, -0.1) is 0 Å². The summed E-state index contributed by atoms with van der Waals surface area (Å²) in [6.07, 6.45) is 5.58. The molecule has 0 unspecified atom stereocenters. The van der Waals surface area contributed by atoms with Crippen LogP contribution in [0.5, 0.6) is 0 Å². The van der Waals surface area contributed by atoms with Gasteiger partial charge in [-0.2, -0.15) is 0 Å². The summed E-state index contributed by atoms with van der Waals surface area (Å²) in [4.78, 5) is 30.3. The van der Waals surface area contributed by atoms with Crippen molar-refractivity contribution in [2.45, 2.75) is 32.7 Å². The van der Waals surface area contributed by atoms with Crippen molar-refractivity contribution in [2.24, 2.45) is 0 Å². The fourth-order valence-electron chi connectivity index (χ4n) is 3.31. The first-order chi connectivity index (χ1) is 15.6. The van der Waals surface area contributed by atoms with Crippen molar-refractivity contribution in [1.82, 2.24) is 25.3 Å². The number of hydrogen-bond acceptors (Lipinski definition) is 5. The molecule has 6 nitrogen and oxygen atoms in total. The van der Waals surface area contributed by atoms with E-state index < -0.39 is 0 Å². The minimum absolute atomic E-state index is 0.0532. The van der Waals surface area contributed by atoms with Gasteiger partial charge in [-0.05, 0) is 29.8 Å². The molecule has 1 aromatic carbocycles. The molecule has 0 atom stereocenters. The molecule has 0 bridgehead atoms. The van der Waals surface area contributed by atoms with Crippen molar-refractivity contribution in [3.63, 3.8) is 0 Å². The van der Waals surface area contributed by atoms with Crippen LogP contribution in [0.4, 0.5) is 0 Å². The number of nitrogens with one attached hydrogen (secondary N) is 1. The van der Waals surface area contributed by atoms with E-state index in [0.29, 0.717) is 6.54 Å². The summed E-state index contributed by atoms with van der Waals surface area (Å²) < 4.78 is 0. The summed E-state index contributed by atoms with van der Waals surface area (Å²) in [6, 6.07) is 19.4.